The molecule has 4 aliphatic heterocycles. The molecular formula is C42H46ClN9O6. The zero-order chi connectivity index (χ0) is 40.3. The van der Waals surface area contributed by atoms with Crippen molar-refractivity contribution in [3.8, 4) is 11.8 Å². The number of benzene rings is 2. The lowest BCUT2D eigenvalue weighted by Crippen LogP contribution is -2.54. The van der Waals surface area contributed by atoms with Gasteiger partial charge in [-0.2, -0.15) is 5.26 Å². The van der Waals surface area contributed by atoms with Crippen LogP contribution in [0.4, 0.5) is 11.5 Å². The Morgan fingerprint density at radius 3 is 2.38 bits per heavy atom. The number of rotatable bonds is 10. The van der Waals surface area contributed by atoms with Crippen molar-refractivity contribution < 1.29 is 28.7 Å². The molecule has 3 saturated heterocycles. The van der Waals surface area contributed by atoms with E-state index >= 15 is 0 Å². The first-order chi connectivity index (χ1) is 28.1. The quantitative estimate of drug-likeness (QED) is 0.250. The number of nitrogens with one attached hydrogen (secondary N) is 3. The number of carbonyl (C=O) groups excluding carboxylic acids is 5. The third-order valence-electron chi connectivity index (χ3n) is 12.1. The largest absolute Gasteiger partial charge is 0.490 e. The summed E-state index contributed by atoms with van der Waals surface area (Å²) < 4.78 is 6.08. The van der Waals surface area contributed by atoms with Crippen molar-refractivity contribution in [3.63, 3.8) is 0 Å². The number of halogens is 1. The average molecular weight is 808 g/mol. The molecule has 0 radical (unpaired) electrons. The molecule has 1 saturated carbocycles. The molecule has 15 nitrogen and oxygen atoms in total. The van der Waals surface area contributed by atoms with Gasteiger partial charge >= 0.3 is 0 Å². The first-order valence-electron chi connectivity index (χ1n) is 20.2. The van der Waals surface area contributed by atoms with Gasteiger partial charge in [-0.05, 0) is 113 Å². The topological polar surface area (TPSA) is 190 Å². The van der Waals surface area contributed by atoms with E-state index in [1.165, 1.54) is 0 Å². The minimum absolute atomic E-state index is 0.0166. The summed E-state index contributed by atoms with van der Waals surface area (Å²) >= 11 is 6.15. The fraction of sp³-hybridized carbons (Fsp3) is 0.476. The Labute approximate surface area is 341 Å². The first kappa shape index (κ1) is 39.2. The number of imide groups is 2. The van der Waals surface area contributed by atoms with Crippen LogP contribution in [0.1, 0.15) is 101 Å². The predicted molar refractivity (Wildman–Crippen MR) is 214 cm³/mol. The summed E-state index contributed by atoms with van der Waals surface area (Å²) in [4.78, 5) is 69.1. The molecule has 1 aliphatic carbocycles. The summed E-state index contributed by atoms with van der Waals surface area (Å²) in [6.45, 7) is 4.21. The van der Waals surface area contributed by atoms with Crippen molar-refractivity contribution in [3.05, 3.63) is 75.9 Å². The molecule has 1 unspecified atom stereocenters. The highest BCUT2D eigenvalue weighted by atomic mass is 35.5. The Hall–Kier alpha value is -5.59. The zero-order valence-electron chi connectivity index (χ0n) is 32.1. The number of carbonyl (C=O) groups is 5. The smallest absolute Gasteiger partial charge is 0.272 e. The third-order valence-corrected chi connectivity index (χ3v) is 12.4. The Kier molecular flexibility index (Phi) is 11.6. The number of aromatic nitrogens is 2. The summed E-state index contributed by atoms with van der Waals surface area (Å²) in [6.07, 6.45) is 7.41. The molecule has 2 aromatic carbocycles. The molecule has 0 spiro atoms. The highest BCUT2D eigenvalue weighted by Gasteiger charge is 2.45. The molecule has 4 fully saturated rings. The lowest BCUT2D eigenvalue weighted by Gasteiger charge is -2.37. The van der Waals surface area contributed by atoms with Gasteiger partial charge in [0.25, 0.3) is 17.7 Å². The van der Waals surface area contributed by atoms with E-state index in [2.05, 4.69) is 42.0 Å². The number of hydrogen-bond donors (Lipinski definition) is 3. The second kappa shape index (κ2) is 17.1. The van der Waals surface area contributed by atoms with Crippen molar-refractivity contribution in [1.82, 2.24) is 31.0 Å². The molecule has 302 valence electrons. The Bertz CT molecular complexity index is 2130. The van der Waals surface area contributed by atoms with Gasteiger partial charge in [-0.1, -0.05) is 11.6 Å². The van der Waals surface area contributed by atoms with E-state index in [4.69, 9.17) is 21.6 Å². The number of piperidine rings is 3. The maximum absolute atomic E-state index is 13.4. The van der Waals surface area contributed by atoms with Gasteiger partial charge < -0.3 is 25.2 Å². The maximum atomic E-state index is 13.4. The maximum Gasteiger partial charge on any atom is 0.272 e. The molecule has 5 heterocycles. The summed E-state index contributed by atoms with van der Waals surface area (Å²) in [5.41, 5.74) is 2.16. The van der Waals surface area contributed by atoms with Gasteiger partial charge in [-0.3, -0.25) is 34.2 Å². The number of anilines is 2. The molecular weight excluding hydrogens is 762 g/mol. The minimum Gasteiger partial charge on any atom is -0.490 e. The predicted octanol–water partition coefficient (Wildman–Crippen LogP) is 4.00. The van der Waals surface area contributed by atoms with Crippen molar-refractivity contribution in [1.29, 1.82) is 5.26 Å². The summed E-state index contributed by atoms with van der Waals surface area (Å²) in [6, 6.07) is 15.4. The van der Waals surface area contributed by atoms with E-state index in [1.807, 2.05) is 12.1 Å². The van der Waals surface area contributed by atoms with Crippen molar-refractivity contribution >= 4 is 52.6 Å². The van der Waals surface area contributed by atoms with Crippen molar-refractivity contribution in [2.45, 2.75) is 88.4 Å². The van der Waals surface area contributed by atoms with E-state index < -0.39 is 29.7 Å². The average Bonchev–Trinajstić information content (AvgIpc) is 3.49. The number of amides is 5. The normalized spacial score (nSPS) is 24.0. The van der Waals surface area contributed by atoms with Crippen LogP contribution in [0.3, 0.4) is 0 Å². The highest BCUT2D eigenvalue weighted by molar-refractivity contribution is 6.31. The van der Waals surface area contributed by atoms with Crippen molar-refractivity contribution in [2.24, 2.45) is 5.92 Å². The molecule has 3 aromatic rings. The van der Waals surface area contributed by atoms with Crippen LogP contribution in [0, 0.1) is 17.2 Å². The Morgan fingerprint density at radius 1 is 0.862 bits per heavy atom. The van der Waals surface area contributed by atoms with E-state index in [-0.39, 0.29) is 42.5 Å². The summed E-state index contributed by atoms with van der Waals surface area (Å²) in [5, 5.41) is 27.3. The molecule has 5 amide bonds. The van der Waals surface area contributed by atoms with Crippen LogP contribution >= 0.6 is 11.6 Å². The Balaban J connectivity index is 0.760. The fourth-order valence-corrected chi connectivity index (χ4v) is 9.00. The third kappa shape index (κ3) is 8.49. The standard InChI is InChI=1S/C42H46ClN9O6/c43-34-21-31(7-3-26(34)22-44)58-30-8-4-27(5-9-30)46-39(54)35-11-13-37(49-48-35)50-18-15-25(16-19-50)23-45-28-2-1-17-51(24-28)29-6-10-32-33(20-29)42(57)52(41(32)56)36-12-14-38(53)47-40(36)55/h3,6-7,10-11,13,20-21,25,27-28,30,36,45H,1-2,4-5,8-9,12,14-19,23-24H2,(H,46,54)(H,47,53,55)/t27?,28-,30?,36?/m0/s1. The van der Waals surface area contributed by atoms with Gasteiger partial charge in [0.1, 0.15) is 17.9 Å². The van der Waals surface area contributed by atoms with Gasteiger partial charge in [-0.15, -0.1) is 10.2 Å². The number of nitriles is 1. The van der Waals surface area contributed by atoms with Gasteiger partial charge in [0.2, 0.25) is 11.8 Å². The van der Waals surface area contributed by atoms with E-state index in [1.54, 1.807) is 36.4 Å². The van der Waals surface area contributed by atoms with Crippen molar-refractivity contribution in [2.75, 3.05) is 42.5 Å². The molecule has 0 bridgehead atoms. The highest BCUT2D eigenvalue weighted by Crippen LogP contribution is 2.32. The lowest BCUT2D eigenvalue weighted by atomic mass is 9.93. The van der Waals surface area contributed by atoms with Gasteiger partial charge in [0.15, 0.2) is 11.5 Å². The first-order valence-corrected chi connectivity index (χ1v) is 20.6. The summed E-state index contributed by atoms with van der Waals surface area (Å²) in [5.74, 6) is -0.321. The number of fused-ring (bicyclic) bond motifs is 1. The number of ether oxygens (including phenoxy) is 1. The zero-order valence-corrected chi connectivity index (χ0v) is 32.9. The van der Waals surface area contributed by atoms with Crippen LogP contribution in [0.25, 0.3) is 0 Å². The molecule has 1 aromatic heterocycles. The minimum atomic E-state index is -0.982. The van der Waals surface area contributed by atoms with Crippen LogP contribution < -0.4 is 30.5 Å². The SMILES string of the molecule is N#Cc1ccc(OC2CCC(NC(=O)c3ccc(N4CCC(CN[C@H]5CCCN(c6ccc7c(c6)C(=O)N(C6CCC(=O)NC6=O)C7=O)C5)CC4)nn3)CC2)cc1Cl. The van der Waals surface area contributed by atoms with Gasteiger partial charge in [0, 0.05) is 56.4 Å². The molecule has 58 heavy (non-hydrogen) atoms. The summed E-state index contributed by atoms with van der Waals surface area (Å²) in [7, 11) is 0. The molecule has 5 aliphatic rings. The van der Waals surface area contributed by atoms with Crippen LogP contribution in [-0.2, 0) is 9.59 Å². The Morgan fingerprint density at radius 2 is 1.66 bits per heavy atom. The number of nitrogens with zero attached hydrogens (tertiary/aromatic N) is 6. The molecule has 2 atom stereocenters. The number of hydrogen-bond acceptors (Lipinski definition) is 12. The van der Waals surface area contributed by atoms with Gasteiger partial charge in [0.05, 0.1) is 27.8 Å². The second-order valence-electron chi connectivity index (χ2n) is 15.9. The molecule has 16 heteroatoms. The van der Waals surface area contributed by atoms with Crippen LogP contribution in [-0.4, -0.2) is 102 Å². The van der Waals surface area contributed by atoms with E-state index in [0.29, 0.717) is 33.5 Å². The van der Waals surface area contributed by atoms with E-state index in [9.17, 15) is 24.0 Å². The van der Waals surface area contributed by atoms with Gasteiger partial charge in [-0.25, -0.2) is 0 Å². The van der Waals surface area contributed by atoms with Crippen LogP contribution in [0.5, 0.6) is 5.75 Å². The molecule has 3 N–H and O–H groups in total. The lowest BCUT2D eigenvalue weighted by molar-refractivity contribution is -0.136. The van der Waals surface area contributed by atoms with Crippen LogP contribution in [0.2, 0.25) is 5.02 Å². The monoisotopic (exact) mass is 807 g/mol. The fourth-order valence-electron chi connectivity index (χ4n) is 8.79. The van der Waals surface area contributed by atoms with Crippen LogP contribution in [0.15, 0.2) is 48.5 Å². The van der Waals surface area contributed by atoms with E-state index in [0.717, 1.165) is 100 Å². The molecule has 8 rings (SSSR count). The second-order valence-corrected chi connectivity index (χ2v) is 16.3.